The third-order valence-electron chi connectivity index (χ3n) is 4.79. The van der Waals surface area contributed by atoms with Crippen LogP contribution in [-0.4, -0.2) is 22.2 Å². The highest BCUT2D eigenvalue weighted by molar-refractivity contribution is 7.10. The molecule has 1 atom stereocenters. The van der Waals surface area contributed by atoms with Crippen LogP contribution in [0.4, 0.5) is 0 Å². The molecule has 31 heavy (non-hydrogen) atoms. The molecule has 0 amide bonds. The minimum absolute atomic E-state index is 0.163. The second-order valence-electron chi connectivity index (χ2n) is 7.68. The summed E-state index contributed by atoms with van der Waals surface area (Å²) in [4.78, 5) is 32.4. The second kappa shape index (κ2) is 8.64. The van der Waals surface area contributed by atoms with Crippen LogP contribution in [0.2, 0.25) is 0 Å². The normalized spacial score (nSPS) is 16.4. The third-order valence-corrected chi connectivity index (χ3v) is 6.70. The van der Waals surface area contributed by atoms with Crippen LogP contribution in [0, 0.1) is 5.92 Å². The molecule has 3 aromatic rings. The zero-order valence-electron chi connectivity index (χ0n) is 17.4. The predicted molar refractivity (Wildman–Crippen MR) is 122 cm³/mol. The minimum atomic E-state index is -0.571. The van der Waals surface area contributed by atoms with Crippen molar-refractivity contribution in [2.45, 2.75) is 26.8 Å². The summed E-state index contributed by atoms with van der Waals surface area (Å²) in [5.74, 6) is -0.0748. The van der Waals surface area contributed by atoms with Crippen molar-refractivity contribution in [3.8, 4) is 5.75 Å². The van der Waals surface area contributed by atoms with E-state index in [9.17, 15) is 14.7 Å². The molecule has 1 aliphatic heterocycles. The van der Waals surface area contributed by atoms with E-state index in [-0.39, 0.29) is 17.2 Å². The smallest absolute Gasteiger partial charge is 0.338 e. The molecule has 4 rings (SSSR count). The van der Waals surface area contributed by atoms with Gasteiger partial charge in [-0.3, -0.25) is 9.36 Å². The fraction of sp³-hybridized carbons (Fsp3) is 0.261. The van der Waals surface area contributed by atoms with Crippen molar-refractivity contribution in [3.05, 3.63) is 83.2 Å². The van der Waals surface area contributed by atoms with Gasteiger partial charge in [0.1, 0.15) is 11.8 Å². The lowest BCUT2D eigenvalue weighted by Crippen LogP contribution is -2.39. The van der Waals surface area contributed by atoms with Gasteiger partial charge < -0.3 is 9.84 Å². The zero-order valence-corrected chi connectivity index (χ0v) is 19.0. The molecule has 0 bridgehead atoms. The first-order chi connectivity index (χ1) is 14.8. The van der Waals surface area contributed by atoms with Gasteiger partial charge in [0.05, 0.1) is 22.4 Å². The predicted octanol–water partition coefficient (Wildman–Crippen LogP) is 3.20. The Morgan fingerprint density at radius 3 is 2.68 bits per heavy atom. The maximum atomic E-state index is 13.4. The number of phenols is 1. The number of hydrogen-bond acceptors (Lipinski definition) is 7. The van der Waals surface area contributed by atoms with Crippen LogP contribution in [0.1, 0.15) is 37.3 Å². The Labute approximate surface area is 187 Å². The van der Waals surface area contributed by atoms with Gasteiger partial charge in [0.15, 0.2) is 4.80 Å². The highest BCUT2D eigenvalue weighted by Gasteiger charge is 2.34. The van der Waals surface area contributed by atoms with Crippen LogP contribution in [0.5, 0.6) is 5.75 Å². The van der Waals surface area contributed by atoms with Gasteiger partial charge in [0, 0.05) is 4.88 Å². The average Bonchev–Trinajstić information content (AvgIpc) is 3.36. The third kappa shape index (κ3) is 4.26. The van der Waals surface area contributed by atoms with Crippen molar-refractivity contribution in [1.29, 1.82) is 0 Å². The summed E-state index contributed by atoms with van der Waals surface area (Å²) >= 11 is 2.77. The van der Waals surface area contributed by atoms with Crippen LogP contribution in [0.3, 0.4) is 0 Å². The number of ether oxygens (including phenoxy) is 1. The summed E-state index contributed by atoms with van der Waals surface area (Å²) in [6.45, 7) is 6.04. The summed E-state index contributed by atoms with van der Waals surface area (Å²) in [7, 11) is 0. The van der Waals surface area contributed by atoms with E-state index >= 15 is 0 Å². The van der Waals surface area contributed by atoms with Gasteiger partial charge in [0.2, 0.25) is 0 Å². The fourth-order valence-electron chi connectivity index (χ4n) is 3.34. The Morgan fingerprint density at radius 2 is 2.03 bits per heavy atom. The number of carbonyl (C=O) groups excluding carboxylic acids is 1. The van der Waals surface area contributed by atoms with E-state index < -0.39 is 12.0 Å². The number of allylic oxidation sites excluding steroid dienone is 1. The number of aromatic nitrogens is 1. The van der Waals surface area contributed by atoms with Gasteiger partial charge in [-0.25, -0.2) is 9.79 Å². The first-order valence-electron chi connectivity index (χ1n) is 9.87. The molecular formula is C23H22N2O4S2. The van der Waals surface area contributed by atoms with E-state index in [0.717, 1.165) is 10.4 Å². The van der Waals surface area contributed by atoms with Crippen molar-refractivity contribution in [1.82, 2.24) is 4.57 Å². The van der Waals surface area contributed by atoms with Crippen molar-refractivity contribution in [2.24, 2.45) is 10.9 Å². The molecule has 3 heterocycles. The summed E-state index contributed by atoms with van der Waals surface area (Å²) in [6.07, 6.45) is 1.77. The number of esters is 1. The lowest BCUT2D eigenvalue weighted by molar-refractivity contribution is -0.140. The maximum Gasteiger partial charge on any atom is 0.338 e. The SMILES string of the molecule is CC1=C(C(=O)OCC(C)C)C(c2cccs2)n2c(sc(=Cc3ccc(O)cc3)c2=O)=N1. The van der Waals surface area contributed by atoms with E-state index in [2.05, 4.69) is 4.99 Å². The first kappa shape index (κ1) is 21.3. The quantitative estimate of drug-likeness (QED) is 0.601. The molecule has 160 valence electrons. The van der Waals surface area contributed by atoms with Crippen LogP contribution >= 0.6 is 22.7 Å². The molecule has 0 aliphatic carbocycles. The number of rotatable bonds is 5. The molecule has 0 saturated heterocycles. The number of phenolic OH excluding ortho intramolecular Hbond substituents is 1. The first-order valence-corrected chi connectivity index (χ1v) is 11.6. The topological polar surface area (TPSA) is 80.9 Å². The fourth-order valence-corrected chi connectivity index (χ4v) is 5.21. The van der Waals surface area contributed by atoms with Gasteiger partial charge in [-0.15, -0.1) is 11.3 Å². The number of nitrogens with zero attached hydrogens (tertiary/aromatic N) is 2. The summed E-state index contributed by atoms with van der Waals surface area (Å²) in [5, 5.41) is 11.4. The monoisotopic (exact) mass is 454 g/mol. The minimum Gasteiger partial charge on any atom is -0.508 e. The number of thiazole rings is 1. The number of benzene rings is 1. The molecule has 0 saturated carbocycles. The van der Waals surface area contributed by atoms with Crippen LogP contribution in [0.25, 0.3) is 6.08 Å². The van der Waals surface area contributed by atoms with E-state index in [4.69, 9.17) is 4.74 Å². The number of hydrogen-bond donors (Lipinski definition) is 1. The molecule has 1 aliphatic rings. The molecule has 8 heteroatoms. The molecule has 2 aromatic heterocycles. The molecule has 0 fully saturated rings. The van der Waals surface area contributed by atoms with E-state index in [1.807, 2.05) is 31.4 Å². The standard InChI is InChI=1S/C23H22N2O4S2/c1-13(2)12-29-22(28)19-14(3)24-23-25(20(19)17-5-4-10-30-17)21(27)18(31-23)11-15-6-8-16(26)9-7-15/h4-11,13,20,26H,12H2,1-3H3. The van der Waals surface area contributed by atoms with E-state index in [1.54, 1.807) is 41.8 Å². The average molecular weight is 455 g/mol. The largest absolute Gasteiger partial charge is 0.508 e. The summed E-state index contributed by atoms with van der Waals surface area (Å²) < 4.78 is 7.61. The number of thiophene rings is 1. The zero-order chi connectivity index (χ0) is 22.1. The van der Waals surface area contributed by atoms with Gasteiger partial charge in [0.25, 0.3) is 5.56 Å². The van der Waals surface area contributed by atoms with E-state index in [1.165, 1.54) is 22.7 Å². The Morgan fingerprint density at radius 1 is 1.29 bits per heavy atom. The van der Waals surface area contributed by atoms with Crippen molar-refractivity contribution in [3.63, 3.8) is 0 Å². The Bertz CT molecular complexity index is 1310. The molecule has 6 nitrogen and oxygen atoms in total. The Kier molecular flexibility index (Phi) is 5.93. The van der Waals surface area contributed by atoms with Crippen LogP contribution < -0.4 is 14.9 Å². The molecule has 0 spiro atoms. The molecular weight excluding hydrogens is 432 g/mol. The van der Waals surface area contributed by atoms with Crippen molar-refractivity contribution >= 4 is 34.7 Å². The molecule has 1 N–H and O–H groups in total. The van der Waals surface area contributed by atoms with Gasteiger partial charge in [-0.05, 0) is 48.1 Å². The highest BCUT2D eigenvalue weighted by atomic mass is 32.1. The van der Waals surface area contributed by atoms with Crippen LogP contribution in [-0.2, 0) is 9.53 Å². The van der Waals surface area contributed by atoms with E-state index in [0.29, 0.717) is 27.2 Å². The Hall–Kier alpha value is -2.97. The summed E-state index contributed by atoms with van der Waals surface area (Å²) in [6, 6.07) is 9.88. The maximum absolute atomic E-state index is 13.4. The molecule has 1 unspecified atom stereocenters. The van der Waals surface area contributed by atoms with Crippen molar-refractivity contribution < 1.29 is 14.6 Å². The molecule has 1 aromatic carbocycles. The number of carbonyl (C=O) groups is 1. The highest BCUT2D eigenvalue weighted by Crippen LogP contribution is 2.33. The number of aromatic hydroxyl groups is 1. The summed E-state index contributed by atoms with van der Waals surface area (Å²) in [5.41, 5.74) is 1.54. The van der Waals surface area contributed by atoms with Gasteiger partial charge in [-0.1, -0.05) is 43.4 Å². The van der Waals surface area contributed by atoms with Gasteiger partial charge in [-0.2, -0.15) is 0 Å². The second-order valence-corrected chi connectivity index (χ2v) is 9.67. The van der Waals surface area contributed by atoms with Crippen LogP contribution in [0.15, 0.2) is 62.8 Å². The van der Waals surface area contributed by atoms with Gasteiger partial charge >= 0.3 is 5.97 Å². The lowest BCUT2D eigenvalue weighted by Gasteiger charge is -2.23. The molecule has 0 radical (unpaired) electrons. The Balaban J connectivity index is 1.86. The number of fused-ring (bicyclic) bond motifs is 1. The van der Waals surface area contributed by atoms with Crippen molar-refractivity contribution in [2.75, 3.05) is 6.61 Å². The lowest BCUT2D eigenvalue weighted by atomic mass is 10.0.